The van der Waals surface area contributed by atoms with Crippen LogP contribution in [0.15, 0.2) is 18.2 Å². The van der Waals surface area contributed by atoms with Gasteiger partial charge in [0.15, 0.2) is 0 Å². The fourth-order valence-corrected chi connectivity index (χ4v) is 3.59. The molecule has 3 rings (SSSR count). The van der Waals surface area contributed by atoms with Crippen molar-refractivity contribution in [2.24, 2.45) is 5.92 Å². The molecule has 28 heavy (non-hydrogen) atoms. The first-order chi connectivity index (χ1) is 13.3. The number of nitrogens with zero attached hydrogens (tertiary/aromatic N) is 1. The average Bonchev–Trinajstić information content (AvgIpc) is 2.64. The van der Waals surface area contributed by atoms with Crippen LogP contribution >= 0.6 is 0 Å². The molecule has 0 bridgehead atoms. The third-order valence-electron chi connectivity index (χ3n) is 5.21. The summed E-state index contributed by atoms with van der Waals surface area (Å²) in [5, 5.41) is 11.8. The van der Waals surface area contributed by atoms with E-state index in [0.29, 0.717) is 29.8 Å². The fourth-order valence-electron chi connectivity index (χ4n) is 3.59. The molecule has 2 N–H and O–H groups in total. The van der Waals surface area contributed by atoms with Crippen LogP contribution in [0.5, 0.6) is 5.75 Å². The van der Waals surface area contributed by atoms with Crippen LogP contribution in [0.1, 0.15) is 43.5 Å². The van der Waals surface area contributed by atoms with Crippen LogP contribution < -0.4 is 10.1 Å². The number of fused-ring (bicyclic) bond motifs is 2. The quantitative estimate of drug-likeness (QED) is 0.816. The number of ether oxygens (including phenoxy) is 2. The summed E-state index contributed by atoms with van der Waals surface area (Å²) in [6, 6.07) is 4.79. The molecule has 1 fully saturated rings. The van der Waals surface area contributed by atoms with Gasteiger partial charge in [0.05, 0.1) is 24.1 Å². The Morgan fingerprint density at radius 1 is 1.32 bits per heavy atom. The van der Waals surface area contributed by atoms with Gasteiger partial charge in [-0.1, -0.05) is 13.8 Å². The molecule has 1 aromatic carbocycles. The Bertz CT molecular complexity index is 778. The SMILES string of the molecule is CC(C)C(=O)Nc1ccc2c(c1)C(=O)N(C)[C@@H]1CC[C@@H](CC(=O)O)O[C@H]1CO2. The molecule has 2 aliphatic rings. The summed E-state index contributed by atoms with van der Waals surface area (Å²) in [6.45, 7) is 3.82. The van der Waals surface area contributed by atoms with Crippen LogP contribution in [0, 0.1) is 5.92 Å². The van der Waals surface area contributed by atoms with Crippen molar-refractivity contribution in [2.45, 2.75) is 51.4 Å². The Morgan fingerprint density at radius 3 is 2.75 bits per heavy atom. The Kier molecular flexibility index (Phi) is 5.88. The molecule has 0 saturated carbocycles. The van der Waals surface area contributed by atoms with Gasteiger partial charge in [0, 0.05) is 18.7 Å². The summed E-state index contributed by atoms with van der Waals surface area (Å²) in [5.74, 6) is -0.998. The molecular weight excluding hydrogens is 364 g/mol. The maximum absolute atomic E-state index is 13.1. The van der Waals surface area contributed by atoms with Gasteiger partial charge < -0.3 is 24.8 Å². The monoisotopic (exact) mass is 390 g/mol. The first-order valence-corrected chi connectivity index (χ1v) is 9.48. The molecule has 0 aromatic heterocycles. The molecule has 1 saturated heterocycles. The van der Waals surface area contributed by atoms with Crippen molar-refractivity contribution in [3.8, 4) is 5.75 Å². The summed E-state index contributed by atoms with van der Waals surface area (Å²) in [6.07, 6.45) is 0.394. The predicted molar refractivity (Wildman–Crippen MR) is 101 cm³/mol. The summed E-state index contributed by atoms with van der Waals surface area (Å²) >= 11 is 0. The summed E-state index contributed by atoms with van der Waals surface area (Å²) in [5.41, 5.74) is 0.927. The van der Waals surface area contributed by atoms with Gasteiger partial charge in [-0.2, -0.15) is 0 Å². The number of carbonyl (C=O) groups is 3. The molecule has 8 heteroatoms. The lowest BCUT2D eigenvalue weighted by Crippen LogP contribution is -2.53. The molecule has 1 aromatic rings. The number of carboxylic acids is 1. The summed E-state index contributed by atoms with van der Waals surface area (Å²) < 4.78 is 11.8. The van der Waals surface area contributed by atoms with Crippen LogP contribution in [0.3, 0.4) is 0 Å². The maximum atomic E-state index is 13.1. The minimum Gasteiger partial charge on any atom is -0.490 e. The predicted octanol–water partition coefficient (Wildman–Crippen LogP) is 2.14. The molecule has 2 aliphatic heterocycles. The van der Waals surface area contributed by atoms with Crippen LogP contribution in [0.25, 0.3) is 0 Å². The summed E-state index contributed by atoms with van der Waals surface area (Å²) in [4.78, 5) is 37.6. The van der Waals surface area contributed by atoms with E-state index in [1.807, 2.05) is 0 Å². The first-order valence-electron chi connectivity index (χ1n) is 9.48. The molecule has 0 unspecified atom stereocenters. The van der Waals surface area contributed by atoms with E-state index in [1.54, 1.807) is 44.0 Å². The largest absolute Gasteiger partial charge is 0.490 e. The number of likely N-dealkylation sites (N-methyl/N-ethyl adjacent to an activating group) is 1. The van der Waals surface area contributed by atoms with Crippen molar-refractivity contribution in [1.82, 2.24) is 4.90 Å². The minimum absolute atomic E-state index is 0.0591. The van der Waals surface area contributed by atoms with Gasteiger partial charge in [0.2, 0.25) is 5.91 Å². The molecule has 3 atom stereocenters. The molecular formula is C20H26N2O6. The van der Waals surface area contributed by atoms with Crippen LogP contribution in [-0.2, 0) is 14.3 Å². The number of carboxylic acid groups (broad SMARTS) is 1. The third-order valence-corrected chi connectivity index (χ3v) is 5.21. The van der Waals surface area contributed by atoms with Crippen molar-refractivity contribution in [3.63, 3.8) is 0 Å². The molecule has 2 heterocycles. The van der Waals surface area contributed by atoms with Crippen LogP contribution in [-0.4, -0.2) is 59.7 Å². The lowest BCUT2D eigenvalue weighted by Gasteiger charge is -2.42. The second-order valence-corrected chi connectivity index (χ2v) is 7.62. The third kappa shape index (κ3) is 4.27. The molecule has 2 amide bonds. The highest BCUT2D eigenvalue weighted by molar-refractivity contribution is 6.00. The van der Waals surface area contributed by atoms with Gasteiger partial charge in [-0.05, 0) is 31.0 Å². The number of nitrogens with one attached hydrogen (secondary N) is 1. The average molecular weight is 390 g/mol. The van der Waals surface area contributed by atoms with E-state index in [9.17, 15) is 14.4 Å². The van der Waals surface area contributed by atoms with Gasteiger partial charge in [-0.3, -0.25) is 14.4 Å². The topological polar surface area (TPSA) is 105 Å². The Morgan fingerprint density at radius 2 is 2.07 bits per heavy atom. The van der Waals surface area contributed by atoms with Crippen LogP contribution in [0.4, 0.5) is 5.69 Å². The molecule has 0 spiro atoms. The number of amides is 2. The highest BCUT2D eigenvalue weighted by Gasteiger charge is 2.39. The number of aliphatic carboxylic acids is 1. The lowest BCUT2D eigenvalue weighted by molar-refractivity contribution is -0.148. The second kappa shape index (κ2) is 8.18. The Hall–Kier alpha value is -2.61. The normalized spacial score (nSPS) is 24.5. The zero-order valence-electron chi connectivity index (χ0n) is 16.3. The number of rotatable bonds is 4. The van der Waals surface area contributed by atoms with Crippen molar-refractivity contribution in [2.75, 3.05) is 19.0 Å². The van der Waals surface area contributed by atoms with E-state index in [2.05, 4.69) is 5.32 Å². The number of carbonyl (C=O) groups excluding carboxylic acids is 2. The zero-order valence-corrected chi connectivity index (χ0v) is 16.3. The lowest BCUT2D eigenvalue weighted by atomic mass is 9.94. The van der Waals surface area contributed by atoms with Crippen molar-refractivity contribution < 1.29 is 29.0 Å². The van der Waals surface area contributed by atoms with E-state index in [4.69, 9.17) is 14.6 Å². The van der Waals surface area contributed by atoms with Gasteiger partial charge in [-0.15, -0.1) is 0 Å². The smallest absolute Gasteiger partial charge is 0.305 e. The number of hydrogen-bond donors (Lipinski definition) is 2. The molecule has 152 valence electrons. The first kappa shape index (κ1) is 20.1. The van der Waals surface area contributed by atoms with Crippen molar-refractivity contribution in [1.29, 1.82) is 0 Å². The highest BCUT2D eigenvalue weighted by atomic mass is 16.5. The van der Waals surface area contributed by atoms with E-state index >= 15 is 0 Å². The van der Waals surface area contributed by atoms with Gasteiger partial charge in [0.1, 0.15) is 18.5 Å². The van der Waals surface area contributed by atoms with Crippen molar-refractivity contribution in [3.05, 3.63) is 23.8 Å². The Labute approximate surface area is 163 Å². The van der Waals surface area contributed by atoms with E-state index in [-0.39, 0.29) is 49.0 Å². The Balaban J connectivity index is 1.82. The number of benzene rings is 1. The molecule has 0 aliphatic carbocycles. The van der Waals surface area contributed by atoms with E-state index < -0.39 is 5.97 Å². The number of hydrogen-bond acceptors (Lipinski definition) is 5. The fraction of sp³-hybridized carbons (Fsp3) is 0.550. The van der Waals surface area contributed by atoms with E-state index in [0.717, 1.165) is 0 Å². The zero-order chi connectivity index (χ0) is 20.4. The van der Waals surface area contributed by atoms with Gasteiger partial charge in [0.25, 0.3) is 5.91 Å². The highest BCUT2D eigenvalue weighted by Crippen LogP contribution is 2.32. The van der Waals surface area contributed by atoms with Gasteiger partial charge in [-0.25, -0.2) is 0 Å². The van der Waals surface area contributed by atoms with Gasteiger partial charge >= 0.3 is 5.97 Å². The summed E-state index contributed by atoms with van der Waals surface area (Å²) in [7, 11) is 1.72. The second-order valence-electron chi connectivity index (χ2n) is 7.62. The van der Waals surface area contributed by atoms with Crippen molar-refractivity contribution >= 4 is 23.5 Å². The molecule has 8 nitrogen and oxygen atoms in total. The van der Waals surface area contributed by atoms with E-state index in [1.165, 1.54) is 0 Å². The van der Waals surface area contributed by atoms with Crippen LogP contribution in [0.2, 0.25) is 0 Å². The number of anilines is 1. The standard InChI is InChI=1S/C20H26N2O6/c1-11(2)19(25)21-12-4-7-16-14(8-12)20(26)22(3)15-6-5-13(9-18(23)24)28-17(15)10-27-16/h4,7-8,11,13,15,17H,5-6,9-10H2,1-3H3,(H,21,25)(H,23,24)/t13-,15+,17-/m0/s1. The molecule has 0 radical (unpaired) electrons. The minimum atomic E-state index is -0.902. The maximum Gasteiger partial charge on any atom is 0.305 e.